The predicted molar refractivity (Wildman–Crippen MR) is 98.5 cm³/mol. The molecule has 0 saturated heterocycles. The van der Waals surface area contributed by atoms with E-state index in [1.54, 1.807) is 0 Å². The van der Waals surface area contributed by atoms with Gasteiger partial charge in [0.1, 0.15) is 6.17 Å². The van der Waals surface area contributed by atoms with E-state index in [2.05, 4.69) is 35.9 Å². The summed E-state index contributed by atoms with van der Waals surface area (Å²) in [6.07, 6.45) is 0.691. The largest absolute Gasteiger partial charge is 0.522 e. The van der Waals surface area contributed by atoms with Gasteiger partial charge in [-0.25, -0.2) is 4.39 Å². The van der Waals surface area contributed by atoms with E-state index in [9.17, 15) is 17.6 Å². The van der Waals surface area contributed by atoms with E-state index in [1.807, 2.05) is 0 Å². The van der Waals surface area contributed by atoms with Crippen LogP contribution in [-0.2, 0) is 4.74 Å². The molecule has 0 heterocycles. The average molecular weight is 386 g/mol. The van der Waals surface area contributed by atoms with Gasteiger partial charge in [-0.2, -0.15) is 0 Å². The van der Waals surface area contributed by atoms with Crippen molar-refractivity contribution < 1.29 is 22.3 Å². The predicted octanol–water partition coefficient (Wildman–Crippen LogP) is 7.27. The molecular weight excluding hydrogens is 356 g/mol. The number of halogens is 4. The number of hydrogen-bond acceptors (Lipinski definition) is 1. The average Bonchev–Trinajstić information content (AvgIpc) is 2.63. The maximum atomic E-state index is 14.2. The number of alkyl halides is 4. The van der Waals surface area contributed by atoms with Crippen LogP contribution >= 0.6 is 0 Å². The topological polar surface area (TPSA) is 9.23 Å². The van der Waals surface area contributed by atoms with E-state index in [0.717, 1.165) is 11.5 Å². The molecule has 3 atom stereocenters. The van der Waals surface area contributed by atoms with Crippen molar-refractivity contribution in [3.8, 4) is 0 Å². The van der Waals surface area contributed by atoms with Crippen LogP contribution in [0.2, 0.25) is 0 Å². The zero-order valence-corrected chi connectivity index (χ0v) is 16.0. The molecule has 1 aromatic carbocycles. The van der Waals surface area contributed by atoms with Gasteiger partial charge in [-0.15, -0.1) is 13.2 Å². The highest BCUT2D eigenvalue weighted by molar-refractivity contribution is 5.28. The Hall–Kier alpha value is -1.10. The Bertz CT molecular complexity index is 575. The van der Waals surface area contributed by atoms with Crippen molar-refractivity contribution in [2.24, 2.45) is 5.92 Å². The first-order valence-electron chi connectivity index (χ1n) is 10.3. The molecule has 27 heavy (non-hydrogen) atoms. The van der Waals surface area contributed by atoms with Gasteiger partial charge in [-0.3, -0.25) is 4.74 Å². The van der Waals surface area contributed by atoms with Gasteiger partial charge >= 0.3 is 6.36 Å². The van der Waals surface area contributed by atoms with Crippen LogP contribution in [0.1, 0.15) is 87.7 Å². The van der Waals surface area contributed by atoms with Gasteiger partial charge in [0.05, 0.1) is 6.10 Å². The van der Waals surface area contributed by atoms with Gasteiger partial charge in [-0.05, 0) is 73.8 Å². The van der Waals surface area contributed by atoms with Crippen LogP contribution in [0.25, 0.3) is 0 Å². The van der Waals surface area contributed by atoms with Gasteiger partial charge in [0.15, 0.2) is 0 Å². The lowest BCUT2D eigenvalue weighted by Crippen LogP contribution is -2.36. The normalized spacial score (nSPS) is 32.4. The van der Waals surface area contributed by atoms with Crippen LogP contribution in [0.4, 0.5) is 17.6 Å². The van der Waals surface area contributed by atoms with Crippen LogP contribution in [-0.4, -0.2) is 18.6 Å². The summed E-state index contributed by atoms with van der Waals surface area (Å²) < 4.78 is 55.1. The summed E-state index contributed by atoms with van der Waals surface area (Å²) in [5.74, 6) is 1.46. The van der Waals surface area contributed by atoms with Gasteiger partial charge in [0.2, 0.25) is 0 Å². The second-order valence-electron chi connectivity index (χ2n) is 8.30. The first kappa shape index (κ1) is 20.6. The van der Waals surface area contributed by atoms with Crippen LogP contribution in [0.15, 0.2) is 24.3 Å². The number of benzene rings is 1. The van der Waals surface area contributed by atoms with Gasteiger partial charge < -0.3 is 0 Å². The summed E-state index contributed by atoms with van der Waals surface area (Å²) in [5, 5.41) is 0. The lowest BCUT2D eigenvalue weighted by molar-refractivity contribution is -0.351. The zero-order chi connectivity index (χ0) is 19.4. The van der Waals surface area contributed by atoms with E-state index in [4.69, 9.17) is 0 Å². The summed E-state index contributed by atoms with van der Waals surface area (Å²) in [6.45, 7) is 2.25. The van der Waals surface area contributed by atoms with E-state index < -0.39 is 18.6 Å². The van der Waals surface area contributed by atoms with Crippen molar-refractivity contribution in [3.05, 3.63) is 35.4 Å². The molecule has 3 unspecified atom stereocenters. The third-order valence-corrected chi connectivity index (χ3v) is 6.42. The third kappa shape index (κ3) is 5.69. The molecule has 0 aliphatic heterocycles. The van der Waals surface area contributed by atoms with Crippen molar-refractivity contribution >= 4 is 0 Å². The van der Waals surface area contributed by atoms with E-state index in [1.165, 1.54) is 44.1 Å². The Morgan fingerprint density at radius 1 is 0.889 bits per heavy atom. The van der Waals surface area contributed by atoms with E-state index in [-0.39, 0.29) is 18.8 Å². The highest BCUT2D eigenvalue weighted by Crippen LogP contribution is 2.40. The smallest absolute Gasteiger partial charge is 0.286 e. The highest BCUT2D eigenvalue weighted by Gasteiger charge is 2.40. The standard InChI is InChI=1S/C22H30F4O/c1-2-3-15-4-6-16(7-5-15)17-8-10-18(11-9-17)19-12-13-21(20(23)14-19)27-22(24,25)26/h8-11,15-16,19-21H,2-7,12-14H2,1H3. The fraction of sp³-hybridized carbons (Fsp3) is 0.727. The minimum Gasteiger partial charge on any atom is -0.286 e. The molecule has 2 aliphatic carbocycles. The Kier molecular flexibility index (Phi) is 6.83. The molecule has 0 N–H and O–H groups in total. The summed E-state index contributed by atoms with van der Waals surface area (Å²) in [7, 11) is 0. The maximum Gasteiger partial charge on any atom is 0.522 e. The number of ether oxygens (including phenoxy) is 1. The van der Waals surface area contributed by atoms with E-state index >= 15 is 0 Å². The van der Waals surface area contributed by atoms with Crippen LogP contribution in [0.3, 0.4) is 0 Å². The molecule has 0 amide bonds. The maximum absolute atomic E-state index is 14.2. The summed E-state index contributed by atoms with van der Waals surface area (Å²) in [6, 6.07) is 8.39. The van der Waals surface area contributed by atoms with Crippen molar-refractivity contribution in [2.45, 2.75) is 95.2 Å². The van der Waals surface area contributed by atoms with Crippen molar-refractivity contribution in [3.63, 3.8) is 0 Å². The SMILES string of the molecule is CCCC1CCC(c2ccc(C3CCC(OC(F)(F)F)C(F)C3)cc2)CC1. The first-order chi connectivity index (χ1) is 12.9. The molecule has 0 spiro atoms. The quantitative estimate of drug-likeness (QED) is 0.484. The fourth-order valence-electron chi connectivity index (χ4n) is 4.93. The van der Waals surface area contributed by atoms with Crippen LogP contribution in [0.5, 0.6) is 0 Å². The van der Waals surface area contributed by atoms with Gasteiger partial charge in [0, 0.05) is 0 Å². The zero-order valence-electron chi connectivity index (χ0n) is 16.0. The molecule has 2 saturated carbocycles. The molecule has 5 heteroatoms. The second-order valence-corrected chi connectivity index (χ2v) is 8.30. The Morgan fingerprint density at radius 2 is 1.44 bits per heavy atom. The molecule has 0 bridgehead atoms. The molecule has 2 aliphatic rings. The van der Waals surface area contributed by atoms with Crippen molar-refractivity contribution in [1.29, 1.82) is 0 Å². The van der Waals surface area contributed by atoms with Gasteiger partial charge in [0.25, 0.3) is 0 Å². The van der Waals surface area contributed by atoms with Crippen LogP contribution < -0.4 is 0 Å². The minimum absolute atomic E-state index is 0.0255. The lowest BCUT2D eigenvalue weighted by atomic mass is 9.76. The Labute approximate surface area is 159 Å². The summed E-state index contributed by atoms with van der Waals surface area (Å²) in [5.41, 5.74) is 2.38. The molecule has 1 aromatic rings. The molecule has 1 nitrogen and oxygen atoms in total. The number of rotatable bonds is 5. The Balaban J connectivity index is 1.54. The van der Waals surface area contributed by atoms with E-state index in [0.29, 0.717) is 12.3 Å². The molecular formula is C22H30F4O. The molecule has 2 fully saturated rings. The molecule has 0 radical (unpaired) electrons. The Morgan fingerprint density at radius 3 is 1.96 bits per heavy atom. The summed E-state index contributed by atoms with van der Waals surface area (Å²) in [4.78, 5) is 0. The molecule has 3 rings (SSSR count). The first-order valence-corrected chi connectivity index (χ1v) is 10.3. The highest BCUT2D eigenvalue weighted by atomic mass is 19.4. The summed E-state index contributed by atoms with van der Waals surface area (Å²) >= 11 is 0. The minimum atomic E-state index is -4.76. The second kappa shape index (κ2) is 8.93. The van der Waals surface area contributed by atoms with Gasteiger partial charge in [-0.1, -0.05) is 44.0 Å². The monoisotopic (exact) mass is 386 g/mol. The van der Waals surface area contributed by atoms with Crippen molar-refractivity contribution in [1.82, 2.24) is 0 Å². The number of hydrogen-bond donors (Lipinski definition) is 0. The molecule has 152 valence electrons. The van der Waals surface area contributed by atoms with Crippen LogP contribution in [0, 0.1) is 5.92 Å². The fourth-order valence-corrected chi connectivity index (χ4v) is 4.93. The van der Waals surface area contributed by atoms with Crippen molar-refractivity contribution in [2.75, 3.05) is 0 Å². The lowest BCUT2D eigenvalue weighted by Gasteiger charge is -2.32. The molecule has 0 aromatic heterocycles. The third-order valence-electron chi connectivity index (χ3n) is 6.42.